The number of carbonyl (C=O) groups excluding carboxylic acids is 1. The zero-order chi connectivity index (χ0) is 19.8. The van der Waals surface area contributed by atoms with Crippen LogP contribution in [0.3, 0.4) is 0 Å². The van der Waals surface area contributed by atoms with Crippen LogP contribution in [-0.2, 0) is 19.9 Å². The lowest BCUT2D eigenvalue weighted by Gasteiger charge is -2.18. The van der Waals surface area contributed by atoms with Gasteiger partial charge in [-0.05, 0) is 43.9 Å². The minimum Gasteiger partial charge on any atom is -0.300 e. The maximum atomic E-state index is 14.6. The van der Waals surface area contributed by atoms with Crippen LogP contribution in [0.25, 0.3) is 23.2 Å². The molecule has 0 bridgehead atoms. The van der Waals surface area contributed by atoms with Crippen molar-refractivity contribution < 1.29 is 9.18 Å². The Morgan fingerprint density at radius 1 is 1.29 bits per heavy atom. The highest BCUT2D eigenvalue weighted by atomic mass is 19.1. The lowest BCUT2D eigenvalue weighted by atomic mass is 10.0. The van der Waals surface area contributed by atoms with Gasteiger partial charge in [0.15, 0.2) is 6.29 Å². The summed E-state index contributed by atoms with van der Waals surface area (Å²) in [5, 5.41) is 4.48. The second kappa shape index (κ2) is 7.19. The smallest absolute Gasteiger partial charge is 0.170 e. The first-order valence-electron chi connectivity index (χ1n) is 9.58. The first-order chi connectivity index (χ1) is 13.5. The van der Waals surface area contributed by atoms with E-state index in [9.17, 15) is 9.18 Å². The van der Waals surface area contributed by atoms with Crippen LogP contribution < -0.4 is 0 Å². The van der Waals surface area contributed by atoms with E-state index in [0.29, 0.717) is 29.1 Å². The number of halogens is 1. The van der Waals surface area contributed by atoms with Crippen molar-refractivity contribution in [2.75, 3.05) is 0 Å². The lowest BCUT2D eigenvalue weighted by molar-refractivity contribution is 0.111. The minimum absolute atomic E-state index is 0.230. The molecule has 144 valence electrons. The molecule has 0 fully saturated rings. The van der Waals surface area contributed by atoms with Crippen LogP contribution in [0.5, 0.6) is 0 Å². The molecule has 0 aliphatic heterocycles. The van der Waals surface area contributed by atoms with Gasteiger partial charge in [-0.2, -0.15) is 5.10 Å². The number of imidazole rings is 1. The molecule has 0 unspecified atom stereocenters. The summed E-state index contributed by atoms with van der Waals surface area (Å²) in [5.41, 5.74) is 5.69. The Bertz CT molecular complexity index is 1090. The number of nitrogens with zero attached hydrogens (tertiary/aromatic N) is 4. The molecule has 1 aliphatic rings. The molecule has 1 aliphatic carbocycles. The van der Waals surface area contributed by atoms with E-state index in [1.807, 2.05) is 48.5 Å². The molecule has 4 rings (SSSR count). The van der Waals surface area contributed by atoms with Gasteiger partial charge >= 0.3 is 0 Å². The second-order valence-electron chi connectivity index (χ2n) is 7.26. The van der Waals surface area contributed by atoms with Gasteiger partial charge in [-0.15, -0.1) is 0 Å². The summed E-state index contributed by atoms with van der Waals surface area (Å²) in [4.78, 5) is 16.1. The third-order valence-electron chi connectivity index (χ3n) is 5.25. The Morgan fingerprint density at radius 2 is 2.11 bits per heavy atom. The van der Waals surface area contributed by atoms with Crippen LogP contribution in [0.1, 0.15) is 52.8 Å². The number of rotatable bonds is 5. The predicted octanol–water partition coefficient (Wildman–Crippen LogP) is 4.44. The van der Waals surface area contributed by atoms with Crippen molar-refractivity contribution in [2.45, 2.75) is 39.5 Å². The molecule has 0 N–H and O–H groups in total. The molecule has 0 spiro atoms. The normalized spacial score (nSPS) is 13.4. The fourth-order valence-corrected chi connectivity index (χ4v) is 3.88. The number of allylic oxidation sites excluding steroid dienone is 1. The first kappa shape index (κ1) is 18.3. The predicted molar refractivity (Wildman–Crippen MR) is 107 cm³/mol. The molecule has 0 amide bonds. The summed E-state index contributed by atoms with van der Waals surface area (Å²) in [6, 6.07) is 5.23. The molecule has 0 radical (unpaired) electrons. The molecule has 2 aromatic heterocycles. The number of hydrogen-bond acceptors (Lipinski definition) is 3. The quantitative estimate of drug-likeness (QED) is 0.617. The van der Waals surface area contributed by atoms with Gasteiger partial charge in [0.25, 0.3) is 0 Å². The Morgan fingerprint density at radius 3 is 2.82 bits per heavy atom. The molecule has 28 heavy (non-hydrogen) atoms. The molecular weight excluding hydrogens is 355 g/mol. The van der Waals surface area contributed by atoms with Crippen molar-refractivity contribution in [3.63, 3.8) is 0 Å². The molecule has 5 nitrogen and oxygen atoms in total. The monoisotopic (exact) mass is 378 g/mol. The molecule has 1 aromatic carbocycles. The fraction of sp³-hybridized carbons (Fsp3) is 0.318. The standard InChI is InChI=1S/C22H23FN4O/c1-4-5-15-6-7-16(11-19(15)23)22-24-21(13-28)14(2)27(22)18-8-9-20-17(10-18)12-26(3)25-20/h6-7,10-13H,4-5,8-9H2,1-3H3. The van der Waals surface area contributed by atoms with E-state index in [-0.39, 0.29) is 5.82 Å². The van der Waals surface area contributed by atoms with Gasteiger partial charge < -0.3 is 4.57 Å². The number of aryl methyl sites for hydroxylation is 3. The maximum absolute atomic E-state index is 14.6. The van der Waals surface area contributed by atoms with Crippen molar-refractivity contribution in [2.24, 2.45) is 7.05 Å². The van der Waals surface area contributed by atoms with Gasteiger partial charge in [0, 0.05) is 30.1 Å². The van der Waals surface area contributed by atoms with E-state index in [1.165, 1.54) is 6.07 Å². The average Bonchev–Trinajstić information content (AvgIpc) is 3.21. The summed E-state index contributed by atoms with van der Waals surface area (Å²) in [6.07, 6.45) is 8.02. The zero-order valence-corrected chi connectivity index (χ0v) is 16.4. The topological polar surface area (TPSA) is 52.7 Å². The van der Waals surface area contributed by atoms with E-state index >= 15 is 0 Å². The second-order valence-corrected chi connectivity index (χ2v) is 7.26. The molecule has 6 heteroatoms. The number of benzene rings is 1. The van der Waals surface area contributed by atoms with Crippen LogP contribution in [0.15, 0.2) is 24.4 Å². The highest BCUT2D eigenvalue weighted by molar-refractivity contribution is 5.82. The van der Waals surface area contributed by atoms with Crippen molar-refractivity contribution in [1.82, 2.24) is 19.3 Å². The summed E-state index contributed by atoms with van der Waals surface area (Å²) in [7, 11) is 1.91. The van der Waals surface area contributed by atoms with Crippen molar-refractivity contribution in [3.8, 4) is 11.4 Å². The largest absolute Gasteiger partial charge is 0.300 e. The minimum atomic E-state index is -0.230. The van der Waals surface area contributed by atoms with Gasteiger partial charge in [-0.25, -0.2) is 9.37 Å². The summed E-state index contributed by atoms with van der Waals surface area (Å²) < 4.78 is 18.3. The Labute approximate surface area is 163 Å². The van der Waals surface area contributed by atoms with Gasteiger partial charge in [0.05, 0.1) is 11.4 Å². The van der Waals surface area contributed by atoms with E-state index in [0.717, 1.165) is 48.2 Å². The zero-order valence-electron chi connectivity index (χ0n) is 16.4. The average molecular weight is 378 g/mol. The van der Waals surface area contributed by atoms with E-state index in [2.05, 4.69) is 16.2 Å². The van der Waals surface area contributed by atoms with Gasteiger partial charge in [-0.1, -0.05) is 25.5 Å². The third kappa shape index (κ3) is 3.09. The summed E-state index contributed by atoms with van der Waals surface area (Å²) in [5.74, 6) is 0.367. The van der Waals surface area contributed by atoms with Crippen LogP contribution >= 0.6 is 0 Å². The number of fused-ring (bicyclic) bond motifs is 1. The van der Waals surface area contributed by atoms with Crippen molar-refractivity contribution in [3.05, 3.63) is 58.4 Å². The first-order valence-corrected chi connectivity index (χ1v) is 9.58. The maximum Gasteiger partial charge on any atom is 0.170 e. The Hall–Kier alpha value is -3.02. The summed E-state index contributed by atoms with van der Waals surface area (Å²) in [6.45, 7) is 3.91. The fourth-order valence-electron chi connectivity index (χ4n) is 3.88. The number of carbonyl (C=O) groups is 1. The van der Waals surface area contributed by atoms with Crippen LogP contribution in [0.2, 0.25) is 0 Å². The molecular formula is C22H23FN4O. The van der Waals surface area contributed by atoms with E-state index < -0.39 is 0 Å². The lowest BCUT2D eigenvalue weighted by Crippen LogP contribution is -2.08. The SMILES string of the molecule is CCCc1ccc(-c2nc(C=O)c(C)n2C2=Cc3cn(C)nc3CC2)cc1F. The Kier molecular flexibility index (Phi) is 4.71. The third-order valence-corrected chi connectivity index (χ3v) is 5.25. The van der Waals surface area contributed by atoms with Crippen molar-refractivity contribution in [1.29, 1.82) is 0 Å². The summed E-state index contributed by atoms with van der Waals surface area (Å²) >= 11 is 0. The Balaban J connectivity index is 1.85. The number of aldehydes is 1. The molecule has 2 heterocycles. The highest BCUT2D eigenvalue weighted by Gasteiger charge is 2.22. The number of aromatic nitrogens is 4. The van der Waals surface area contributed by atoms with E-state index in [1.54, 1.807) is 0 Å². The van der Waals surface area contributed by atoms with Gasteiger partial charge in [0.2, 0.25) is 0 Å². The van der Waals surface area contributed by atoms with Gasteiger partial charge in [-0.3, -0.25) is 9.48 Å². The van der Waals surface area contributed by atoms with Crippen molar-refractivity contribution >= 4 is 18.1 Å². The molecule has 0 saturated heterocycles. The van der Waals surface area contributed by atoms with Crippen LogP contribution in [-0.4, -0.2) is 25.6 Å². The number of hydrogen-bond donors (Lipinski definition) is 0. The molecule has 0 atom stereocenters. The highest BCUT2D eigenvalue weighted by Crippen LogP contribution is 2.32. The van der Waals surface area contributed by atoms with Crippen LogP contribution in [0.4, 0.5) is 4.39 Å². The van der Waals surface area contributed by atoms with Crippen LogP contribution in [0, 0.1) is 12.7 Å². The van der Waals surface area contributed by atoms with Gasteiger partial charge in [0.1, 0.15) is 17.3 Å². The molecule has 3 aromatic rings. The van der Waals surface area contributed by atoms with E-state index in [4.69, 9.17) is 0 Å². The molecule has 0 saturated carbocycles.